The summed E-state index contributed by atoms with van der Waals surface area (Å²) in [6.45, 7) is 6.12. The smallest absolute Gasteiger partial charge is 0.486 e. The third-order valence-electron chi connectivity index (χ3n) is 5.73. The van der Waals surface area contributed by atoms with Gasteiger partial charge < -0.3 is 19.9 Å². The largest absolute Gasteiger partial charge is 0.573 e. The number of halogens is 3. The van der Waals surface area contributed by atoms with Crippen LogP contribution in [0.15, 0.2) is 66.7 Å². The van der Waals surface area contributed by atoms with Crippen LogP contribution in [0.2, 0.25) is 0 Å². The number of hydrogen-bond donors (Lipinski definition) is 2. The Balaban J connectivity index is 1.73. The van der Waals surface area contributed by atoms with Crippen LogP contribution in [-0.2, 0) is 4.79 Å². The Labute approximate surface area is 219 Å². The molecular formula is C29H30F3NO5. The Hall–Kier alpha value is -4.01. The molecule has 0 aromatic heterocycles. The lowest BCUT2D eigenvalue weighted by Gasteiger charge is -2.22. The first-order chi connectivity index (χ1) is 17.9. The van der Waals surface area contributed by atoms with E-state index in [0.29, 0.717) is 17.2 Å². The Morgan fingerprint density at radius 2 is 1.58 bits per heavy atom. The molecule has 0 aliphatic carbocycles. The number of nitrogens with one attached hydrogen (secondary N) is 1. The topological polar surface area (TPSA) is 84.9 Å². The maximum atomic E-state index is 12.4. The summed E-state index contributed by atoms with van der Waals surface area (Å²) in [5.41, 5.74) is 3.81. The molecule has 3 aromatic rings. The number of carboxylic acids is 1. The number of carboxylic acid groups (broad SMARTS) is 1. The molecule has 9 heteroatoms. The van der Waals surface area contributed by atoms with Gasteiger partial charge in [0.05, 0.1) is 6.42 Å². The van der Waals surface area contributed by atoms with Crippen LogP contribution in [0.5, 0.6) is 11.5 Å². The van der Waals surface area contributed by atoms with E-state index < -0.39 is 12.3 Å². The Bertz CT molecular complexity index is 1240. The molecule has 1 atom stereocenters. The minimum atomic E-state index is -4.74. The average Bonchev–Trinajstić information content (AvgIpc) is 2.83. The van der Waals surface area contributed by atoms with Crippen LogP contribution in [-0.4, -0.2) is 29.9 Å². The van der Waals surface area contributed by atoms with E-state index in [2.05, 4.69) is 23.9 Å². The second-order valence-corrected chi connectivity index (χ2v) is 9.31. The minimum Gasteiger partial charge on any atom is -0.486 e. The molecule has 202 valence electrons. The molecule has 3 rings (SSSR count). The van der Waals surface area contributed by atoms with Crippen molar-refractivity contribution in [3.05, 3.63) is 83.4 Å². The van der Waals surface area contributed by atoms with E-state index in [1.54, 1.807) is 24.3 Å². The van der Waals surface area contributed by atoms with E-state index in [-0.39, 0.29) is 30.7 Å². The summed E-state index contributed by atoms with van der Waals surface area (Å²) in [7, 11) is 0. The molecule has 0 aliphatic heterocycles. The van der Waals surface area contributed by atoms with E-state index in [4.69, 9.17) is 9.84 Å². The number of aryl methyl sites for hydroxylation is 1. The molecule has 2 N–H and O–H groups in total. The van der Waals surface area contributed by atoms with Crippen molar-refractivity contribution in [3.8, 4) is 22.6 Å². The Kier molecular flexibility index (Phi) is 9.39. The van der Waals surface area contributed by atoms with Crippen molar-refractivity contribution in [1.29, 1.82) is 0 Å². The highest BCUT2D eigenvalue weighted by Crippen LogP contribution is 2.33. The van der Waals surface area contributed by atoms with Crippen molar-refractivity contribution >= 4 is 11.9 Å². The first kappa shape index (κ1) is 28.6. The molecule has 1 amide bonds. The van der Waals surface area contributed by atoms with Crippen molar-refractivity contribution in [3.63, 3.8) is 0 Å². The fourth-order valence-corrected chi connectivity index (χ4v) is 3.95. The zero-order chi connectivity index (χ0) is 27.9. The van der Waals surface area contributed by atoms with Crippen molar-refractivity contribution in [1.82, 2.24) is 5.32 Å². The zero-order valence-electron chi connectivity index (χ0n) is 21.3. The highest BCUT2D eigenvalue weighted by Gasteiger charge is 2.31. The van der Waals surface area contributed by atoms with Crippen molar-refractivity contribution in [2.75, 3.05) is 6.54 Å². The maximum absolute atomic E-state index is 12.4. The number of rotatable bonds is 11. The summed E-state index contributed by atoms with van der Waals surface area (Å²) in [6.07, 6.45) is -4.43. The first-order valence-corrected chi connectivity index (χ1v) is 12.1. The van der Waals surface area contributed by atoms with E-state index in [1.165, 1.54) is 12.1 Å². The normalized spacial score (nSPS) is 12.2. The highest BCUT2D eigenvalue weighted by molar-refractivity contribution is 5.94. The Morgan fingerprint density at radius 1 is 0.947 bits per heavy atom. The van der Waals surface area contributed by atoms with Gasteiger partial charge in [0.15, 0.2) is 0 Å². The molecule has 0 saturated heterocycles. The fraction of sp³-hybridized carbons (Fsp3) is 0.310. The molecule has 0 bridgehead atoms. The number of benzene rings is 3. The number of carbonyl (C=O) groups excluding carboxylic acids is 1. The fourth-order valence-electron chi connectivity index (χ4n) is 3.95. The summed E-state index contributed by atoms with van der Waals surface area (Å²) < 4.78 is 47.6. The van der Waals surface area contributed by atoms with E-state index in [9.17, 15) is 22.8 Å². The van der Waals surface area contributed by atoms with Crippen LogP contribution in [0, 0.1) is 12.8 Å². The Morgan fingerprint density at radius 3 is 2.13 bits per heavy atom. The van der Waals surface area contributed by atoms with Crippen LogP contribution in [0.25, 0.3) is 11.1 Å². The van der Waals surface area contributed by atoms with Gasteiger partial charge in [0.25, 0.3) is 5.91 Å². The second kappa shape index (κ2) is 12.5. The van der Waals surface area contributed by atoms with Gasteiger partial charge in [-0.05, 0) is 77.9 Å². The highest BCUT2D eigenvalue weighted by atomic mass is 19.4. The van der Waals surface area contributed by atoms with Gasteiger partial charge in [-0.25, -0.2) is 0 Å². The standard InChI is InChI=1S/C29H30F3NO5/c1-18(2)16-26(21-4-6-22(7-5-21)28(36)33-15-14-27(34)35)37-24-12-13-25(19(3)17-24)20-8-10-23(11-9-20)38-29(30,31)32/h4-13,17-18,26H,14-16H2,1-3H3,(H,33,36)(H,34,35). The molecule has 0 radical (unpaired) electrons. The molecule has 0 aliphatic rings. The van der Waals surface area contributed by atoms with E-state index in [0.717, 1.165) is 28.7 Å². The first-order valence-electron chi connectivity index (χ1n) is 12.1. The number of aliphatic carboxylic acids is 1. The van der Waals surface area contributed by atoms with Gasteiger partial charge in [-0.1, -0.05) is 44.2 Å². The molecule has 38 heavy (non-hydrogen) atoms. The lowest BCUT2D eigenvalue weighted by molar-refractivity contribution is -0.274. The molecular weight excluding hydrogens is 499 g/mol. The SMILES string of the molecule is Cc1cc(OC(CC(C)C)c2ccc(C(=O)NCCC(=O)O)cc2)ccc1-c1ccc(OC(F)(F)F)cc1. The van der Waals surface area contributed by atoms with Gasteiger partial charge in [0, 0.05) is 12.1 Å². The van der Waals surface area contributed by atoms with E-state index in [1.807, 2.05) is 37.3 Å². The third-order valence-corrected chi connectivity index (χ3v) is 5.73. The monoisotopic (exact) mass is 529 g/mol. The molecule has 1 unspecified atom stereocenters. The van der Waals surface area contributed by atoms with Gasteiger partial charge >= 0.3 is 12.3 Å². The number of carbonyl (C=O) groups is 2. The number of alkyl halides is 3. The molecule has 0 heterocycles. The summed E-state index contributed by atoms with van der Waals surface area (Å²) in [6, 6.07) is 18.3. The summed E-state index contributed by atoms with van der Waals surface area (Å²) in [5, 5.41) is 11.3. The molecule has 3 aromatic carbocycles. The number of ether oxygens (including phenoxy) is 2. The lowest BCUT2D eigenvalue weighted by atomic mass is 9.97. The second-order valence-electron chi connectivity index (χ2n) is 9.31. The van der Waals surface area contributed by atoms with Crippen LogP contribution < -0.4 is 14.8 Å². The quantitative estimate of drug-likeness (QED) is 0.281. The summed E-state index contributed by atoms with van der Waals surface area (Å²) >= 11 is 0. The number of amides is 1. The van der Waals surface area contributed by atoms with Gasteiger partial charge in [0.1, 0.15) is 17.6 Å². The summed E-state index contributed by atoms with van der Waals surface area (Å²) in [5.74, 6) is -0.630. The third kappa shape index (κ3) is 8.54. The van der Waals surface area contributed by atoms with Crippen LogP contribution in [0.4, 0.5) is 13.2 Å². The van der Waals surface area contributed by atoms with Gasteiger partial charge in [-0.15, -0.1) is 13.2 Å². The molecule has 0 spiro atoms. The van der Waals surface area contributed by atoms with Crippen molar-refractivity contribution in [2.45, 2.75) is 46.1 Å². The summed E-state index contributed by atoms with van der Waals surface area (Å²) in [4.78, 5) is 22.9. The van der Waals surface area contributed by atoms with Gasteiger partial charge in [-0.3, -0.25) is 9.59 Å². The molecule has 6 nitrogen and oxygen atoms in total. The predicted molar refractivity (Wildman–Crippen MR) is 137 cm³/mol. The molecule has 0 fully saturated rings. The van der Waals surface area contributed by atoms with Crippen LogP contribution in [0.3, 0.4) is 0 Å². The van der Waals surface area contributed by atoms with Gasteiger partial charge in [0.2, 0.25) is 0 Å². The van der Waals surface area contributed by atoms with E-state index >= 15 is 0 Å². The minimum absolute atomic E-state index is 0.0514. The maximum Gasteiger partial charge on any atom is 0.573 e. The van der Waals surface area contributed by atoms with Crippen LogP contribution in [0.1, 0.15) is 54.3 Å². The lowest BCUT2D eigenvalue weighted by Crippen LogP contribution is -2.26. The van der Waals surface area contributed by atoms with Gasteiger partial charge in [-0.2, -0.15) is 0 Å². The zero-order valence-corrected chi connectivity index (χ0v) is 21.3. The van der Waals surface area contributed by atoms with Crippen LogP contribution >= 0.6 is 0 Å². The predicted octanol–water partition coefficient (Wildman–Crippen LogP) is 6.93. The molecule has 0 saturated carbocycles. The average molecular weight is 530 g/mol. The number of hydrogen-bond acceptors (Lipinski definition) is 4. The van der Waals surface area contributed by atoms with Crippen molar-refractivity contribution in [2.24, 2.45) is 5.92 Å². The van der Waals surface area contributed by atoms with Crippen molar-refractivity contribution < 1.29 is 37.3 Å².